The number of hydrogen-bond acceptors (Lipinski definition) is 3. The Morgan fingerprint density at radius 2 is 1.00 bits per heavy atom. The van der Waals surface area contributed by atoms with Crippen molar-refractivity contribution in [2.24, 2.45) is 0 Å². The molecule has 1 aromatic carbocycles. The zero-order chi connectivity index (χ0) is 29.2. The van der Waals surface area contributed by atoms with Gasteiger partial charge in [-0.1, -0.05) is 39.0 Å². The number of benzene rings is 1. The quantitative estimate of drug-likeness (QED) is 0.184. The Morgan fingerprint density at radius 1 is 0.639 bits per heavy atom. The molecule has 0 heterocycles. The van der Waals surface area contributed by atoms with E-state index in [0.717, 1.165) is 12.1 Å². The average Bonchev–Trinajstić information content (AvgIpc) is 2.65. The van der Waals surface area contributed by atoms with E-state index in [4.69, 9.17) is 4.55 Å². The van der Waals surface area contributed by atoms with Crippen LogP contribution < -0.4 is 0 Å². The molecular weight excluding hydrogens is 582 g/mol. The predicted octanol–water partition coefficient (Wildman–Crippen LogP) is 7.33. The van der Waals surface area contributed by atoms with Gasteiger partial charge in [0.25, 0.3) is 0 Å². The van der Waals surface area contributed by atoms with Crippen LogP contribution in [-0.4, -0.2) is 53.1 Å². The Balaban J connectivity index is 3.70. The van der Waals surface area contributed by atoms with Crippen LogP contribution in [0.4, 0.5) is 61.5 Å². The van der Waals surface area contributed by atoms with Crippen LogP contribution in [0.15, 0.2) is 29.2 Å². The molecule has 0 aliphatic rings. The fourth-order valence-corrected chi connectivity index (χ4v) is 4.11. The fraction of sp³-hybridized carbons (Fsp3) is 0.647. The first-order valence-electron chi connectivity index (χ1n) is 8.85. The van der Waals surface area contributed by atoms with Crippen LogP contribution >= 0.6 is 11.8 Å². The van der Waals surface area contributed by atoms with E-state index in [0.29, 0.717) is 6.07 Å². The average molecular weight is 596 g/mol. The van der Waals surface area contributed by atoms with Crippen molar-refractivity contribution in [3.8, 4) is 0 Å². The van der Waals surface area contributed by atoms with Crippen molar-refractivity contribution in [3.63, 3.8) is 0 Å². The molecule has 36 heavy (non-hydrogen) atoms. The van der Waals surface area contributed by atoms with Crippen molar-refractivity contribution in [1.29, 1.82) is 0 Å². The summed E-state index contributed by atoms with van der Waals surface area (Å²) in [5.74, 6) is -41.0. The summed E-state index contributed by atoms with van der Waals surface area (Å²) >= 11 is -1.54. The lowest BCUT2D eigenvalue weighted by atomic mass is 9.87. The van der Waals surface area contributed by atoms with Crippen LogP contribution in [0.1, 0.15) is 26.3 Å². The van der Waals surface area contributed by atoms with Gasteiger partial charge in [-0.05, 0) is 28.8 Å². The zero-order valence-electron chi connectivity index (χ0n) is 17.7. The molecular formula is C17H14F14O3S2. The fourth-order valence-electron chi connectivity index (χ4n) is 2.50. The van der Waals surface area contributed by atoms with Gasteiger partial charge in [0.05, 0.1) is 0 Å². The highest BCUT2D eigenvalue weighted by molar-refractivity contribution is 8.00. The number of thioether (sulfide) groups is 1. The molecule has 0 bridgehead atoms. The smallest absolute Gasteiger partial charge is 0.281 e. The minimum absolute atomic E-state index is 0.259. The van der Waals surface area contributed by atoms with E-state index in [1.807, 2.05) is 0 Å². The van der Waals surface area contributed by atoms with Crippen LogP contribution in [0.2, 0.25) is 0 Å². The molecule has 210 valence electrons. The van der Waals surface area contributed by atoms with Gasteiger partial charge in [0, 0.05) is 4.90 Å². The molecule has 0 fully saturated rings. The van der Waals surface area contributed by atoms with Crippen molar-refractivity contribution in [3.05, 3.63) is 29.8 Å². The molecule has 19 heteroatoms. The third-order valence-corrected chi connectivity index (χ3v) is 6.56. The van der Waals surface area contributed by atoms with E-state index in [2.05, 4.69) is 0 Å². The molecule has 0 spiro atoms. The van der Waals surface area contributed by atoms with Gasteiger partial charge in [0.15, 0.2) is 0 Å². The molecule has 0 amide bonds. The van der Waals surface area contributed by atoms with E-state index in [1.54, 1.807) is 0 Å². The second kappa shape index (κ2) is 8.78. The third-order valence-electron chi connectivity index (χ3n) is 4.57. The molecule has 1 aromatic rings. The van der Waals surface area contributed by atoms with Crippen molar-refractivity contribution >= 4 is 21.9 Å². The second-order valence-corrected chi connectivity index (χ2v) is 10.8. The predicted molar refractivity (Wildman–Crippen MR) is 97.2 cm³/mol. The summed E-state index contributed by atoms with van der Waals surface area (Å²) in [6.45, 7) is 3.93. The SMILES string of the molecule is CC(C)(C)c1ccccc1SC(F)(F)C(F)(F)C(F)(F)C(F)(F)C(F)(F)C(F)(F)C(F)(F)S(=O)(=O)O. The zero-order valence-corrected chi connectivity index (χ0v) is 19.3. The van der Waals surface area contributed by atoms with Gasteiger partial charge in [-0.25, -0.2) is 0 Å². The monoisotopic (exact) mass is 596 g/mol. The van der Waals surface area contributed by atoms with Crippen LogP contribution in [0.5, 0.6) is 0 Å². The van der Waals surface area contributed by atoms with Crippen molar-refractivity contribution in [2.75, 3.05) is 0 Å². The summed E-state index contributed by atoms with van der Waals surface area (Å²) in [6, 6.07) is 3.72. The molecule has 0 unspecified atom stereocenters. The molecule has 0 aromatic heterocycles. The second-order valence-electron chi connectivity index (χ2n) is 8.23. The number of rotatable bonds is 9. The van der Waals surface area contributed by atoms with Crippen molar-refractivity contribution in [1.82, 2.24) is 0 Å². The number of alkyl halides is 14. The number of hydrogen-bond donors (Lipinski definition) is 1. The van der Waals surface area contributed by atoms with E-state index in [-0.39, 0.29) is 5.56 Å². The first-order chi connectivity index (χ1) is 15.5. The van der Waals surface area contributed by atoms with Crippen LogP contribution in [-0.2, 0) is 15.5 Å². The highest BCUT2D eigenvalue weighted by Crippen LogP contribution is 2.64. The van der Waals surface area contributed by atoms with Gasteiger partial charge in [-0.15, -0.1) is 0 Å². The Morgan fingerprint density at radius 3 is 1.39 bits per heavy atom. The summed E-state index contributed by atoms with van der Waals surface area (Å²) in [5.41, 5.74) is -1.43. The van der Waals surface area contributed by atoms with Gasteiger partial charge in [0.1, 0.15) is 0 Å². The molecule has 0 aliphatic carbocycles. The van der Waals surface area contributed by atoms with Crippen LogP contribution in [0.3, 0.4) is 0 Å². The van der Waals surface area contributed by atoms with E-state index < -0.39 is 72.3 Å². The molecule has 0 radical (unpaired) electrons. The Bertz CT molecular complexity index is 1080. The van der Waals surface area contributed by atoms with Crippen LogP contribution in [0, 0.1) is 0 Å². The van der Waals surface area contributed by atoms with Crippen molar-refractivity contribution in [2.45, 2.75) is 71.2 Å². The molecule has 0 atom stereocenters. The maximum absolute atomic E-state index is 14.3. The van der Waals surface area contributed by atoms with Gasteiger partial charge in [0.2, 0.25) is 0 Å². The Labute approximate surface area is 198 Å². The molecule has 3 nitrogen and oxygen atoms in total. The summed E-state index contributed by atoms with van der Waals surface area (Å²) in [6.07, 6.45) is 0. The van der Waals surface area contributed by atoms with E-state index in [9.17, 15) is 69.9 Å². The molecule has 0 aliphatic heterocycles. The van der Waals surface area contributed by atoms with Gasteiger partial charge in [-0.2, -0.15) is 69.9 Å². The molecule has 1 N–H and O–H groups in total. The summed E-state index contributed by atoms with van der Waals surface area (Å²) in [4.78, 5) is -0.955. The lowest BCUT2D eigenvalue weighted by Crippen LogP contribution is -2.73. The standard InChI is InChI=1S/C17H14F14O3S2/c1-10(2,3)8-6-4-5-7-9(8)35-16(28,29)14(24,25)12(20,21)11(18,19)13(22,23)15(26,27)17(30,31)36(32,33)34/h4-7H,1-3H3,(H,32,33,34). The topological polar surface area (TPSA) is 54.4 Å². The minimum Gasteiger partial charge on any atom is -0.281 e. The van der Waals surface area contributed by atoms with Crippen molar-refractivity contribution < 1.29 is 74.4 Å². The highest BCUT2D eigenvalue weighted by atomic mass is 32.2. The van der Waals surface area contributed by atoms with E-state index in [1.165, 1.54) is 26.8 Å². The Kier molecular flexibility index (Phi) is 7.93. The normalized spacial score (nSPS) is 15.8. The maximum Gasteiger partial charge on any atom is 0.438 e. The first kappa shape index (κ1) is 32.5. The lowest BCUT2D eigenvalue weighted by molar-refractivity contribution is -0.428. The summed E-state index contributed by atoms with van der Waals surface area (Å²) in [5, 5.41) is -14.1. The van der Waals surface area contributed by atoms with Gasteiger partial charge in [-0.3, -0.25) is 4.55 Å². The van der Waals surface area contributed by atoms with Gasteiger partial charge >= 0.3 is 50.2 Å². The van der Waals surface area contributed by atoms with Crippen LogP contribution in [0.25, 0.3) is 0 Å². The first-order valence-corrected chi connectivity index (χ1v) is 11.1. The molecule has 0 saturated heterocycles. The Hall–Kier alpha value is -1.50. The third kappa shape index (κ3) is 4.63. The maximum atomic E-state index is 14.3. The number of halogens is 14. The van der Waals surface area contributed by atoms with E-state index >= 15 is 0 Å². The minimum atomic E-state index is -8.45. The largest absolute Gasteiger partial charge is 0.438 e. The summed E-state index contributed by atoms with van der Waals surface area (Å²) < 4.78 is 221. The molecule has 1 rings (SSSR count). The molecule has 0 saturated carbocycles. The lowest BCUT2D eigenvalue weighted by Gasteiger charge is -2.42. The summed E-state index contributed by atoms with van der Waals surface area (Å²) in [7, 11) is -7.75. The highest BCUT2D eigenvalue weighted by Gasteiger charge is 2.94. The van der Waals surface area contributed by atoms with Gasteiger partial charge < -0.3 is 0 Å².